The van der Waals surface area contributed by atoms with Gasteiger partial charge in [0.2, 0.25) is 0 Å². The topological polar surface area (TPSA) is 60.8 Å². The Morgan fingerprint density at radius 1 is 1.04 bits per heavy atom. The summed E-state index contributed by atoms with van der Waals surface area (Å²) in [6.45, 7) is 4.70. The van der Waals surface area contributed by atoms with Gasteiger partial charge in [-0.05, 0) is 13.3 Å². The van der Waals surface area contributed by atoms with E-state index in [2.05, 4.69) is 6.92 Å². The summed E-state index contributed by atoms with van der Waals surface area (Å²) >= 11 is 0. The fourth-order valence-electron chi connectivity index (χ4n) is 3.23. The molecule has 1 atom stereocenters. The number of rotatable bonds is 12. The summed E-state index contributed by atoms with van der Waals surface area (Å²) in [6.07, 6.45) is 15.5. The molecule has 0 spiro atoms. The molecule has 0 aromatic rings. The monoisotopic (exact) mass is 372 g/mol. The Morgan fingerprint density at radius 2 is 1.56 bits per heavy atom. The molecule has 0 saturated carbocycles. The fraction of sp³-hybridized carbons (Fsp3) is 0.750. The van der Waals surface area contributed by atoms with Crippen LogP contribution in [0.15, 0.2) is 23.6 Å². The Labute approximate surface area is 159 Å². The van der Waals surface area contributed by atoms with E-state index in [0.29, 0.717) is 5.57 Å². The Kier molecular flexibility index (Phi) is 13.6. The van der Waals surface area contributed by atoms with Crippen LogP contribution >= 0.6 is 0 Å². The average Bonchev–Trinajstić information content (AvgIpc) is 2.59. The van der Waals surface area contributed by atoms with Gasteiger partial charge in [0.1, 0.15) is 0 Å². The van der Waals surface area contributed by atoms with Crippen molar-refractivity contribution < 1.29 is 27.4 Å². The predicted octanol–water partition coefficient (Wildman–Crippen LogP) is 1.50. The molecule has 1 rings (SSSR count). The third kappa shape index (κ3) is 8.28. The number of ketones is 1. The lowest BCUT2D eigenvalue weighted by Crippen LogP contribution is -3.00. The molecule has 0 aromatic carbocycles. The van der Waals surface area contributed by atoms with Crippen LogP contribution in [0.4, 0.5) is 0 Å². The van der Waals surface area contributed by atoms with E-state index in [9.17, 15) is 15.0 Å². The van der Waals surface area contributed by atoms with Crippen LogP contribution in [-0.2, 0) is 4.79 Å². The van der Waals surface area contributed by atoms with E-state index in [0.717, 1.165) is 19.2 Å². The van der Waals surface area contributed by atoms with E-state index in [1.165, 1.54) is 57.8 Å². The van der Waals surface area contributed by atoms with Crippen molar-refractivity contribution in [1.82, 2.24) is 4.90 Å². The molecule has 5 heteroatoms. The SMILES string of the molecule is CCCCCCCCCCCCN1C=C(CO)/C(=C/O)C(=O)C1C.[Cl-]. The van der Waals surface area contributed by atoms with Crippen LogP contribution in [0.5, 0.6) is 0 Å². The number of hydrogen-bond donors (Lipinski definition) is 2. The summed E-state index contributed by atoms with van der Waals surface area (Å²) in [5.74, 6) is -0.115. The number of aliphatic hydroxyl groups is 2. The van der Waals surface area contributed by atoms with E-state index >= 15 is 0 Å². The number of aliphatic hydroxyl groups excluding tert-OH is 2. The third-order valence-electron chi connectivity index (χ3n) is 4.88. The van der Waals surface area contributed by atoms with Crippen molar-refractivity contribution in [2.75, 3.05) is 13.2 Å². The van der Waals surface area contributed by atoms with Gasteiger partial charge < -0.3 is 27.5 Å². The number of hydrogen-bond acceptors (Lipinski definition) is 4. The molecular weight excluding hydrogens is 338 g/mol. The molecule has 1 aliphatic heterocycles. The molecule has 0 radical (unpaired) electrons. The van der Waals surface area contributed by atoms with Crippen molar-refractivity contribution in [2.45, 2.75) is 84.1 Å². The van der Waals surface area contributed by atoms with Crippen LogP contribution in [0.2, 0.25) is 0 Å². The second-order valence-electron chi connectivity index (χ2n) is 6.82. The van der Waals surface area contributed by atoms with E-state index in [1.807, 2.05) is 18.0 Å². The zero-order chi connectivity index (χ0) is 17.8. The van der Waals surface area contributed by atoms with Crippen LogP contribution in [0, 0.1) is 0 Å². The molecule has 1 aliphatic rings. The van der Waals surface area contributed by atoms with E-state index < -0.39 is 0 Å². The van der Waals surface area contributed by atoms with Crippen LogP contribution in [0.25, 0.3) is 0 Å². The van der Waals surface area contributed by atoms with Gasteiger partial charge in [0.05, 0.1) is 24.5 Å². The highest BCUT2D eigenvalue weighted by Crippen LogP contribution is 2.23. The van der Waals surface area contributed by atoms with Crippen molar-refractivity contribution in [2.24, 2.45) is 0 Å². The lowest BCUT2D eigenvalue weighted by Gasteiger charge is -2.32. The molecule has 0 fully saturated rings. The van der Waals surface area contributed by atoms with Gasteiger partial charge in [0.25, 0.3) is 0 Å². The van der Waals surface area contributed by atoms with Gasteiger partial charge in [-0.15, -0.1) is 0 Å². The van der Waals surface area contributed by atoms with Crippen molar-refractivity contribution in [3.05, 3.63) is 23.6 Å². The quantitative estimate of drug-likeness (QED) is 0.309. The second-order valence-corrected chi connectivity index (χ2v) is 6.82. The maximum Gasteiger partial charge on any atom is 0.188 e. The highest BCUT2D eigenvalue weighted by molar-refractivity contribution is 6.03. The Bertz CT molecular complexity index is 435. The molecule has 0 aromatic heterocycles. The molecule has 146 valence electrons. The highest BCUT2D eigenvalue weighted by atomic mass is 35.5. The number of Topliss-reactive ketones (excluding diaryl/α,β-unsaturated/α-hetero) is 1. The third-order valence-corrected chi connectivity index (χ3v) is 4.88. The molecular formula is C20H35ClNO3-. The highest BCUT2D eigenvalue weighted by Gasteiger charge is 2.29. The second kappa shape index (κ2) is 14.2. The first-order valence-electron chi connectivity index (χ1n) is 9.62. The number of carbonyl (C=O) groups is 1. The fourth-order valence-corrected chi connectivity index (χ4v) is 3.23. The zero-order valence-corrected chi connectivity index (χ0v) is 16.6. The first-order valence-corrected chi connectivity index (χ1v) is 9.62. The smallest absolute Gasteiger partial charge is 0.188 e. The largest absolute Gasteiger partial charge is 1.00 e. The predicted molar refractivity (Wildman–Crippen MR) is 98.9 cm³/mol. The minimum absolute atomic E-state index is 0. The van der Waals surface area contributed by atoms with Crippen LogP contribution in [0.3, 0.4) is 0 Å². The van der Waals surface area contributed by atoms with Crippen LogP contribution in [-0.4, -0.2) is 40.1 Å². The molecule has 0 aliphatic carbocycles. The van der Waals surface area contributed by atoms with Crippen LogP contribution in [0.1, 0.15) is 78.1 Å². The van der Waals surface area contributed by atoms with Gasteiger partial charge in [0, 0.05) is 18.3 Å². The minimum Gasteiger partial charge on any atom is -1.00 e. The minimum atomic E-state index is -0.266. The molecule has 1 heterocycles. The Balaban J connectivity index is 0.00000576. The summed E-state index contributed by atoms with van der Waals surface area (Å²) in [7, 11) is 0. The van der Waals surface area contributed by atoms with Crippen molar-refractivity contribution in [3.63, 3.8) is 0 Å². The van der Waals surface area contributed by atoms with Crippen molar-refractivity contribution >= 4 is 5.78 Å². The summed E-state index contributed by atoms with van der Waals surface area (Å²) in [5, 5.41) is 18.5. The summed E-state index contributed by atoms with van der Waals surface area (Å²) < 4.78 is 0. The van der Waals surface area contributed by atoms with Gasteiger partial charge in [-0.2, -0.15) is 0 Å². The summed E-state index contributed by atoms with van der Waals surface area (Å²) in [5.41, 5.74) is 0.747. The normalized spacial score (nSPS) is 19.1. The zero-order valence-electron chi connectivity index (χ0n) is 15.8. The molecule has 2 N–H and O–H groups in total. The lowest BCUT2D eigenvalue weighted by molar-refractivity contribution is -0.119. The molecule has 0 saturated heterocycles. The summed E-state index contributed by atoms with van der Waals surface area (Å²) in [4.78, 5) is 14.2. The first kappa shape index (κ1) is 24.0. The van der Waals surface area contributed by atoms with Gasteiger partial charge in [0.15, 0.2) is 5.78 Å². The van der Waals surface area contributed by atoms with Crippen LogP contribution < -0.4 is 12.4 Å². The van der Waals surface area contributed by atoms with Crippen molar-refractivity contribution in [1.29, 1.82) is 0 Å². The van der Waals surface area contributed by atoms with Gasteiger partial charge in [-0.1, -0.05) is 64.7 Å². The molecule has 0 bridgehead atoms. The first-order chi connectivity index (χ1) is 11.7. The van der Waals surface area contributed by atoms with Gasteiger partial charge in [-0.25, -0.2) is 0 Å². The molecule has 0 amide bonds. The van der Waals surface area contributed by atoms with E-state index in [1.54, 1.807) is 0 Å². The Hall–Kier alpha value is -1.000. The number of nitrogens with zero attached hydrogens (tertiary/aromatic N) is 1. The average molecular weight is 373 g/mol. The van der Waals surface area contributed by atoms with Crippen molar-refractivity contribution in [3.8, 4) is 0 Å². The standard InChI is InChI=1S/C20H35NO3.ClH/c1-3-4-5-6-7-8-9-10-11-12-13-21-14-18(15-22)19(16-23)20(24)17(21)2;/h14,16-17,22-23H,3-13,15H2,1-2H3;1H/p-1/b19-16-;. The molecule has 1 unspecified atom stereocenters. The van der Waals surface area contributed by atoms with Gasteiger partial charge >= 0.3 is 0 Å². The number of carbonyl (C=O) groups excluding carboxylic acids is 1. The number of halogens is 1. The molecule has 25 heavy (non-hydrogen) atoms. The number of unbranched alkanes of at least 4 members (excludes halogenated alkanes) is 9. The van der Waals surface area contributed by atoms with Gasteiger partial charge in [-0.3, -0.25) is 4.79 Å². The Morgan fingerprint density at radius 3 is 2.04 bits per heavy atom. The maximum absolute atomic E-state index is 12.2. The molecule has 4 nitrogen and oxygen atoms in total. The maximum atomic E-state index is 12.2. The van der Waals surface area contributed by atoms with E-state index in [-0.39, 0.29) is 36.4 Å². The van der Waals surface area contributed by atoms with E-state index in [4.69, 9.17) is 0 Å². The lowest BCUT2D eigenvalue weighted by atomic mass is 9.94. The summed E-state index contributed by atoms with van der Waals surface area (Å²) in [6, 6.07) is -0.266.